The van der Waals surface area contributed by atoms with Crippen molar-refractivity contribution in [3.8, 4) is 5.88 Å². The van der Waals surface area contributed by atoms with Crippen molar-refractivity contribution in [3.05, 3.63) is 60.7 Å². The molecule has 0 spiro atoms. The van der Waals surface area contributed by atoms with Crippen LogP contribution in [0, 0.1) is 0 Å². The zero-order valence-corrected chi connectivity index (χ0v) is 14.6. The molecular weight excluding hydrogens is 324 g/mol. The van der Waals surface area contributed by atoms with Gasteiger partial charge in [-0.2, -0.15) is 0 Å². The third-order valence-electron chi connectivity index (χ3n) is 4.49. The molecule has 0 atom stereocenters. The van der Waals surface area contributed by atoms with Crippen LogP contribution in [0.1, 0.15) is 19.8 Å². The van der Waals surface area contributed by atoms with E-state index < -0.39 is 0 Å². The number of para-hydroxylation sites is 2. The van der Waals surface area contributed by atoms with Crippen LogP contribution in [0.15, 0.2) is 70.9 Å². The Morgan fingerprint density at radius 1 is 0.962 bits per heavy atom. The summed E-state index contributed by atoms with van der Waals surface area (Å²) in [7, 11) is 0. The molecule has 4 rings (SSSR count). The number of hydrogen-bond acceptors (Lipinski definition) is 4. The zero-order chi connectivity index (χ0) is 17.9. The number of pyridine rings is 1. The lowest BCUT2D eigenvalue weighted by atomic mass is 10.2. The van der Waals surface area contributed by atoms with E-state index in [9.17, 15) is 5.11 Å². The van der Waals surface area contributed by atoms with Crippen molar-refractivity contribution in [3.63, 3.8) is 0 Å². The Kier molecular flexibility index (Phi) is 4.35. The average Bonchev–Trinajstić information content (AvgIpc) is 2.95. The molecule has 2 heterocycles. The van der Waals surface area contributed by atoms with Crippen molar-refractivity contribution in [2.24, 2.45) is 10.2 Å². The predicted molar refractivity (Wildman–Crippen MR) is 104 cm³/mol. The molecule has 4 aromatic rings. The lowest BCUT2D eigenvalue weighted by Crippen LogP contribution is -1.96. The molecule has 0 unspecified atom stereocenters. The van der Waals surface area contributed by atoms with Gasteiger partial charge in [-0.25, -0.2) is 4.98 Å². The Balaban J connectivity index is 1.76. The molecule has 1 N–H and O–H groups in total. The summed E-state index contributed by atoms with van der Waals surface area (Å²) in [5.74, 6) is 0.678. The number of nitrogens with zero attached hydrogens (tertiary/aromatic N) is 4. The second-order valence-electron chi connectivity index (χ2n) is 6.26. The Hall–Kier alpha value is -3.21. The highest BCUT2D eigenvalue weighted by Gasteiger charge is 2.15. The molecule has 0 amide bonds. The SMILES string of the molecule is CCCCn1c(O)c(N=Nc2ccc3ccccc3n2)c2ccccc21. The first-order valence-electron chi connectivity index (χ1n) is 8.85. The molecule has 0 saturated heterocycles. The summed E-state index contributed by atoms with van der Waals surface area (Å²) < 4.78 is 1.90. The van der Waals surface area contributed by atoms with Gasteiger partial charge in [0, 0.05) is 17.3 Å². The highest BCUT2D eigenvalue weighted by Crippen LogP contribution is 2.39. The van der Waals surface area contributed by atoms with Gasteiger partial charge in [0.25, 0.3) is 0 Å². The summed E-state index contributed by atoms with van der Waals surface area (Å²) in [5, 5.41) is 21.2. The molecular formula is C21H20N4O. The molecule has 0 aliphatic carbocycles. The van der Waals surface area contributed by atoms with E-state index in [-0.39, 0.29) is 5.88 Å². The van der Waals surface area contributed by atoms with Gasteiger partial charge in [-0.15, -0.1) is 10.2 Å². The molecule has 5 heteroatoms. The van der Waals surface area contributed by atoms with Gasteiger partial charge in [0.2, 0.25) is 5.88 Å². The van der Waals surface area contributed by atoms with E-state index in [1.807, 2.05) is 65.2 Å². The molecule has 0 radical (unpaired) electrons. The molecule has 2 aromatic heterocycles. The minimum Gasteiger partial charge on any atom is -0.493 e. The number of rotatable bonds is 5. The number of aryl methyl sites for hydroxylation is 1. The number of hydrogen-bond donors (Lipinski definition) is 1. The molecule has 0 saturated carbocycles. The van der Waals surface area contributed by atoms with Crippen LogP contribution in [0.4, 0.5) is 11.5 Å². The maximum atomic E-state index is 10.7. The minimum absolute atomic E-state index is 0.157. The largest absolute Gasteiger partial charge is 0.493 e. The Labute approximate surface area is 151 Å². The number of benzene rings is 2. The summed E-state index contributed by atoms with van der Waals surface area (Å²) in [4.78, 5) is 4.51. The molecule has 130 valence electrons. The van der Waals surface area contributed by atoms with Crippen LogP contribution in [0.3, 0.4) is 0 Å². The third kappa shape index (κ3) is 2.92. The lowest BCUT2D eigenvalue weighted by Gasteiger charge is -2.05. The fourth-order valence-corrected chi connectivity index (χ4v) is 3.13. The van der Waals surface area contributed by atoms with Crippen molar-refractivity contribution in [1.82, 2.24) is 9.55 Å². The summed E-state index contributed by atoms with van der Waals surface area (Å²) in [6.45, 7) is 2.89. The Morgan fingerprint density at radius 3 is 2.65 bits per heavy atom. The van der Waals surface area contributed by atoms with Gasteiger partial charge >= 0.3 is 0 Å². The fourth-order valence-electron chi connectivity index (χ4n) is 3.13. The zero-order valence-electron chi connectivity index (χ0n) is 14.6. The van der Waals surface area contributed by atoms with Gasteiger partial charge < -0.3 is 9.67 Å². The summed E-state index contributed by atoms with van der Waals surface area (Å²) in [6, 6.07) is 19.6. The van der Waals surface area contributed by atoms with Crippen LogP contribution in [0.2, 0.25) is 0 Å². The fraction of sp³-hybridized carbons (Fsp3) is 0.190. The van der Waals surface area contributed by atoms with Crippen molar-refractivity contribution in [1.29, 1.82) is 0 Å². The highest BCUT2D eigenvalue weighted by molar-refractivity contribution is 5.95. The quantitative estimate of drug-likeness (QED) is 0.444. The normalized spacial score (nSPS) is 11.7. The number of aromatic hydroxyl groups is 1. The standard InChI is InChI=1S/C21H20N4O/c1-2-3-14-25-18-11-7-5-9-16(18)20(21(25)26)24-23-19-13-12-15-8-4-6-10-17(15)22-19/h4-13,26H,2-3,14H2,1H3. The van der Waals surface area contributed by atoms with Gasteiger partial charge in [0.05, 0.1) is 11.0 Å². The smallest absolute Gasteiger partial charge is 0.220 e. The molecule has 2 aromatic carbocycles. The van der Waals surface area contributed by atoms with Gasteiger partial charge in [-0.1, -0.05) is 49.7 Å². The minimum atomic E-state index is 0.157. The van der Waals surface area contributed by atoms with E-state index in [2.05, 4.69) is 22.1 Å². The second-order valence-corrected chi connectivity index (χ2v) is 6.26. The van der Waals surface area contributed by atoms with E-state index in [0.717, 1.165) is 41.2 Å². The van der Waals surface area contributed by atoms with E-state index in [0.29, 0.717) is 11.5 Å². The average molecular weight is 344 g/mol. The van der Waals surface area contributed by atoms with E-state index in [1.54, 1.807) is 0 Å². The second kappa shape index (κ2) is 6.96. The van der Waals surface area contributed by atoms with Gasteiger partial charge in [-0.05, 0) is 30.7 Å². The molecule has 26 heavy (non-hydrogen) atoms. The first-order valence-corrected chi connectivity index (χ1v) is 8.85. The third-order valence-corrected chi connectivity index (χ3v) is 4.49. The molecule has 0 bridgehead atoms. The van der Waals surface area contributed by atoms with Crippen LogP contribution in [0.5, 0.6) is 5.88 Å². The summed E-state index contributed by atoms with van der Waals surface area (Å²) >= 11 is 0. The topological polar surface area (TPSA) is 62.8 Å². The van der Waals surface area contributed by atoms with Gasteiger partial charge in [0.15, 0.2) is 11.5 Å². The van der Waals surface area contributed by atoms with Crippen LogP contribution < -0.4 is 0 Å². The molecule has 5 nitrogen and oxygen atoms in total. The number of aromatic nitrogens is 2. The van der Waals surface area contributed by atoms with E-state index in [1.165, 1.54) is 0 Å². The Morgan fingerprint density at radius 2 is 1.77 bits per heavy atom. The summed E-state index contributed by atoms with van der Waals surface area (Å²) in [6.07, 6.45) is 2.05. The maximum Gasteiger partial charge on any atom is 0.220 e. The van der Waals surface area contributed by atoms with E-state index in [4.69, 9.17) is 0 Å². The summed E-state index contributed by atoms with van der Waals surface area (Å²) in [5.41, 5.74) is 2.34. The highest BCUT2D eigenvalue weighted by atomic mass is 16.3. The molecule has 0 aliphatic heterocycles. The number of unbranched alkanes of at least 4 members (excludes halogenated alkanes) is 1. The maximum absolute atomic E-state index is 10.7. The predicted octanol–water partition coefficient (Wildman–Crippen LogP) is 6.11. The van der Waals surface area contributed by atoms with Crippen LogP contribution in [-0.4, -0.2) is 14.7 Å². The Bertz CT molecular complexity index is 1100. The van der Waals surface area contributed by atoms with Crippen molar-refractivity contribution in [2.45, 2.75) is 26.3 Å². The first kappa shape index (κ1) is 16.3. The number of fused-ring (bicyclic) bond motifs is 2. The first-order chi connectivity index (χ1) is 12.8. The van der Waals surface area contributed by atoms with Gasteiger partial charge in [0.1, 0.15) is 0 Å². The van der Waals surface area contributed by atoms with Crippen molar-refractivity contribution < 1.29 is 5.11 Å². The van der Waals surface area contributed by atoms with Crippen molar-refractivity contribution in [2.75, 3.05) is 0 Å². The van der Waals surface area contributed by atoms with Crippen molar-refractivity contribution >= 4 is 33.3 Å². The van der Waals surface area contributed by atoms with Crippen LogP contribution in [-0.2, 0) is 6.54 Å². The monoisotopic (exact) mass is 344 g/mol. The van der Waals surface area contributed by atoms with Crippen LogP contribution >= 0.6 is 0 Å². The van der Waals surface area contributed by atoms with Crippen LogP contribution in [0.25, 0.3) is 21.8 Å². The lowest BCUT2D eigenvalue weighted by molar-refractivity contribution is 0.418. The molecule has 0 fully saturated rings. The van der Waals surface area contributed by atoms with E-state index >= 15 is 0 Å². The van der Waals surface area contributed by atoms with Gasteiger partial charge in [-0.3, -0.25) is 0 Å². The molecule has 0 aliphatic rings. The number of azo groups is 1.